The number of fused-ring (bicyclic) bond motifs is 1. The van der Waals surface area contributed by atoms with E-state index in [2.05, 4.69) is 0 Å². The Hall–Kier alpha value is -2.36. The van der Waals surface area contributed by atoms with Crippen LogP contribution in [0.2, 0.25) is 0 Å². The van der Waals surface area contributed by atoms with Gasteiger partial charge in [-0.15, -0.1) is 0 Å². The highest BCUT2D eigenvalue weighted by atomic mass is 16.4. The number of hydrogen-bond donors (Lipinski definition) is 0. The van der Waals surface area contributed by atoms with Crippen molar-refractivity contribution >= 4 is 11.8 Å². The van der Waals surface area contributed by atoms with Crippen molar-refractivity contribution in [2.45, 2.75) is 18.9 Å². The second-order valence-corrected chi connectivity index (χ2v) is 4.65. The summed E-state index contributed by atoms with van der Waals surface area (Å²) in [6, 6.07) is 12.4. The molecule has 96 valence electrons. The van der Waals surface area contributed by atoms with Crippen LogP contribution in [0.4, 0.5) is 0 Å². The van der Waals surface area contributed by atoms with Gasteiger partial charge in [0.05, 0.1) is 11.7 Å². The number of aromatic nitrogens is 1. The molecule has 0 saturated carbocycles. The molecule has 0 spiro atoms. The maximum atomic E-state index is 12.4. The van der Waals surface area contributed by atoms with E-state index >= 15 is 0 Å². The Morgan fingerprint density at radius 3 is 2.53 bits per heavy atom. The van der Waals surface area contributed by atoms with Crippen LogP contribution in [-0.4, -0.2) is 16.3 Å². The minimum atomic E-state index is -1.07. The number of aliphatic carboxylic acids is 1. The topological polar surface area (TPSA) is 62.1 Å². The molecule has 1 aromatic carbocycles. The molecule has 0 unspecified atom stereocenters. The third-order valence-corrected chi connectivity index (χ3v) is 3.57. The summed E-state index contributed by atoms with van der Waals surface area (Å²) in [7, 11) is 0. The van der Waals surface area contributed by atoms with E-state index in [4.69, 9.17) is 0 Å². The average molecular weight is 254 g/mol. The third-order valence-electron chi connectivity index (χ3n) is 3.57. The molecule has 0 radical (unpaired) electrons. The highest BCUT2D eigenvalue weighted by Crippen LogP contribution is 2.30. The number of hydrogen-bond acceptors (Lipinski definition) is 3. The van der Waals surface area contributed by atoms with Gasteiger partial charge in [-0.25, -0.2) is 0 Å². The molecule has 1 aromatic heterocycles. The predicted molar refractivity (Wildman–Crippen MR) is 66.7 cm³/mol. The number of nitrogens with zero attached hydrogens (tertiary/aromatic N) is 1. The summed E-state index contributed by atoms with van der Waals surface area (Å²) in [6.07, 6.45) is 0.494. The van der Waals surface area contributed by atoms with Gasteiger partial charge in [-0.1, -0.05) is 30.3 Å². The van der Waals surface area contributed by atoms with Gasteiger partial charge in [0, 0.05) is 23.7 Å². The van der Waals surface area contributed by atoms with Crippen LogP contribution in [0.1, 0.15) is 34.1 Å². The van der Waals surface area contributed by atoms with Crippen molar-refractivity contribution in [3.8, 4) is 0 Å². The lowest BCUT2D eigenvalue weighted by molar-refractivity contribution is -0.307. The van der Waals surface area contributed by atoms with E-state index in [0.29, 0.717) is 29.9 Å². The van der Waals surface area contributed by atoms with Crippen LogP contribution in [0, 0.1) is 0 Å². The van der Waals surface area contributed by atoms with Gasteiger partial charge >= 0.3 is 0 Å². The van der Waals surface area contributed by atoms with E-state index in [9.17, 15) is 14.7 Å². The Morgan fingerprint density at radius 1 is 1.11 bits per heavy atom. The lowest BCUT2D eigenvalue weighted by Gasteiger charge is -2.09. The molecule has 3 rings (SSSR count). The highest BCUT2D eigenvalue weighted by Gasteiger charge is 2.27. The Labute approximate surface area is 110 Å². The van der Waals surface area contributed by atoms with Gasteiger partial charge in [0.15, 0.2) is 0 Å². The summed E-state index contributed by atoms with van der Waals surface area (Å²) >= 11 is 0. The largest absolute Gasteiger partial charge is 0.549 e. The molecular formula is C15H12NO3-. The molecule has 0 bridgehead atoms. The molecule has 1 aliphatic rings. The van der Waals surface area contributed by atoms with Crippen molar-refractivity contribution in [3.63, 3.8) is 0 Å². The predicted octanol–water partition coefficient (Wildman–Crippen LogP) is 0.956. The fraction of sp³-hybridized carbons (Fsp3) is 0.200. The quantitative estimate of drug-likeness (QED) is 0.766. The molecular weight excluding hydrogens is 242 g/mol. The van der Waals surface area contributed by atoms with Crippen LogP contribution in [-0.2, 0) is 11.3 Å². The zero-order chi connectivity index (χ0) is 13.4. The van der Waals surface area contributed by atoms with Gasteiger partial charge in [-0.3, -0.25) is 4.79 Å². The summed E-state index contributed by atoms with van der Waals surface area (Å²) in [5.74, 6) is -1.75. The second-order valence-electron chi connectivity index (χ2n) is 4.65. The monoisotopic (exact) mass is 254 g/mol. The first kappa shape index (κ1) is 11.7. The first-order valence-electron chi connectivity index (χ1n) is 6.18. The van der Waals surface area contributed by atoms with Crippen molar-refractivity contribution < 1.29 is 14.7 Å². The number of carbonyl (C=O) groups is 2. The molecule has 19 heavy (non-hydrogen) atoms. The molecule has 1 aliphatic heterocycles. The van der Waals surface area contributed by atoms with Crippen LogP contribution < -0.4 is 5.11 Å². The average Bonchev–Trinajstić information content (AvgIpc) is 2.99. The molecule has 2 heterocycles. The zero-order valence-corrected chi connectivity index (χ0v) is 10.2. The maximum Gasteiger partial charge on any atom is 0.209 e. The number of carboxylic acids is 1. The fourth-order valence-electron chi connectivity index (χ4n) is 2.62. The molecule has 2 aromatic rings. The summed E-state index contributed by atoms with van der Waals surface area (Å²) in [6.45, 7) is 0.550. The van der Waals surface area contributed by atoms with Gasteiger partial charge in [0.25, 0.3) is 0 Å². The van der Waals surface area contributed by atoms with Gasteiger partial charge in [0.1, 0.15) is 0 Å². The third kappa shape index (κ3) is 1.85. The first-order chi connectivity index (χ1) is 9.18. The van der Waals surface area contributed by atoms with Crippen molar-refractivity contribution in [2.24, 2.45) is 0 Å². The smallest absolute Gasteiger partial charge is 0.209 e. The van der Waals surface area contributed by atoms with Crippen LogP contribution in [0.25, 0.3) is 0 Å². The van der Waals surface area contributed by atoms with Crippen molar-refractivity contribution in [3.05, 3.63) is 59.4 Å². The Morgan fingerprint density at radius 2 is 1.84 bits per heavy atom. The number of carbonyl (C=O) groups excluding carboxylic acids is 2. The van der Waals surface area contributed by atoms with Gasteiger partial charge < -0.3 is 14.5 Å². The van der Waals surface area contributed by atoms with E-state index in [-0.39, 0.29) is 5.78 Å². The van der Waals surface area contributed by atoms with Crippen LogP contribution in [0.5, 0.6) is 0 Å². The van der Waals surface area contributed by atoms with Crippen LogP contribution >= 0.6 is 0 Å². The Kier molecular flexibility index (Phi) is 2.71. The summed E-state index contributed by atoms with van der Waals surface area (Å²) in [5, 5.41) is 11.0. The second kappa shape index (κ2) is 4.39. The Bertz CT molecular complexity index is 643. The minimum Gasteiger partial charge on any atom is -0.549 e. The molecule has 0 fully saturated rings. The van der Waals surface area contributed by atoms with E-state index < -0.39 is 11.9 Å². The lowest BCUT2D eigenvalue weighted by atomic mass is 10.1. The van der Waals surface area contributed by atoms with E-state index in [1.165, 1.54) is 0 Å². The molecule has 1 atom stereocenters. The van der Waals surface area contributed by atoms with E-state index in [1.807, 2.05) is 18.2 Å². The van der Waals surface area contributed by atoms with Gasteiger partial charge in [-0.05, 0) is 18.6 Å². The highest BCUT2D eigenvalue weighted by molar-refractivity contribution is 6.08. The van der Waals surface area contributed by atoms with Crippen molar-refractivity contribution in [2.75, 3.05) is 0 Å². The molecule has 4 nitrogen and oxygen atoms in total. The number of rotatable bonds is 3. The van der Waals surface area contributed by atoms with Crippen LogP contribution in [0.3, 0.4) is 0 Å². The fourth-order valence-corrected chi connectivity index (χ4v) is 2.62. The number of benzene rings is 1. The van der Waals surface area contributed by atoms with E-state index in [0.717, 1.165) is 0 Å². The number of carboxylic acid groups (broad SMARTS) is 1. The maximum absolute atomic E-state index is 12.4. The van der Waals surface area contributed by atoms with Gasteiger partial charge in [-0.2, -0.15) is 0 Å². The molecule has 0 saturated heterocycles. The molecule has 0 N–H and O–H groups in total. The lowest BCUT2D eigenvalue weighted by Crippen LogP contribution is -2.28. The minimum absolute atomic E-state index is 0.0779. The summed E-state index contributed by atoms with van der Waals surface area (Å²) in [4.78, 5) is 23.4. The summed E-state index contributed by atoms with van der Waals surface area (Å²) in [5.41, 5.74) is 1.82. The number of ketones is 1. The normalized spacial score (nSPS) is 17.2. The van der Waals surface area contributed by atoms with Crippen LogP contribution in [0.15, 0.2) is 42.5 Å². The molecule has 0 amide bonds. The summed E-state index contributed by atoms with van der Waals surface area (Å²) < 4.78 is 1.79. The zero-order valence-electron chi connectivity index (χ0n) is 10.2. The van der Waals surface area contributed by atoms with Crippen molar-refractivity contribution in [1.82, 2.24) is 4.57 Å². The standard InChI is InChI=1S/C15H13NO3/c17-14(10-4-2-1-3-5-10)13-7-6-12-11(15(18)19)8-9-16(12)13/h1-7,11H,8-9H2,(H,18,19)/p-1/t11-/m0/s1. The Balaban J connectivity index is 1.99. The van der Waals surface area contributed by atoms with Gasteiger partial charge in [0.2, 0.25) is 5.78 Å². The SMILES string of the molecule is O=C(c1ccccc1)c1ccc2n1CC[C@@H]2C(=O)[O-]. The molecule has 4 heteroatoms. The van der Waals surface area contributed by atoms with Crippen molar-refractivity contribution in [1.29, 1.82) is 0 Å². The first-order valence-corrected chi connectivity index (χ1v) is 6.18. The van der Waals surface area contributed by atoms with E-state index in [1.54, 1.807) is 28.8 Å². The molecule has 0 aliphatic carbocycles.